The van der Waals surface area contributed by atoms with Crippen molar-refractivity contribution in [1.82, 2.24) is 19.2 Å². The van der Waals surface area contributed by atoms with Gasteiger partial charge >= 0.3 is 0 Å². The summed E-state index contributed by atoms with van der Waals surface area (Å²) < 4.78 is 15.0. The number of nitrogens with zero attached hydrogens (tertiary/aromatic N) is 4. The van der Waals surface area contributed by atoms with Crippen LogP contribution in [0.5, 0.6) is 11.5 Å². The van der Waals surface area contributed by atoms with E-state index >= 15 is 0 Å². The van der Waals surface area contributed by atoms with E-state index in [2.05, 4.69) is 4.90 Å². The van der Waals surface area contributed by atoms with Crippen LogP contribution in [0.2, 0.25) is 5.02 Å². The van der Waals surface area contributed by atoms with Gasteiger partial charge in [0.1, 0.15) is 11.5 Å². The molecule has 0 fully saturated rings. The highest BCUT2D eigenvalue weighted by Gasteiger charge is 2.13. The van der Waals surface area contributed by atoms with E-state index in [1.807, 2.05) is 65.8 Å². The van der Waals surface area contributed by atoms with Crippen molar-refractivity contribution in [2.45, 2.75) is 13.2 Å². The summed E-state index contributed by atoms with van der Waals surface area (Å²) in [5.41, 5.74) is 1.99. The van der Waals surface area contributed by atoms with Gasteiger partial charge in [-0.15, -0.1) is 0 Å². The molecule has 0 aliphatic rings. The van der Waals surface area contributed by atoms with Crippen molar-refractivity contribution < 1.29 is 9.47 Å². The highest BCUT2D eigenvalue weighted by atomic mass is 35.5. The molecule has 0 spiro atoms. The molecule has 0 saturated carbocycles. The number of hydrogen-bond acceptors (Lipinski definition) is 5. The molecule has 0 aliphatic carbocycles. The van der Waals surface area contributed by atoms with E-state index in [0.717, 1.165) is 28.5 Å². The molecule has 3 rings (SSSR count). The first kappa shape index (κ1) is 20.4. The van der Waals surface area contributed by atoms with Crippen LogP contribution in [0.25, 0.3) is 11.4 Å². The zero-order chi connectivity index (χ0) is 20.3. The van der Waals surface area contributed by atoms with E-state index in [1.54, 1.807) is 14.2 Å². The van der Waals surface area contributed by atoms with Crippen molar-refractivity contribution in [1.29, 1.82) is 0 Å². The third kappa shape index (κ3) is 4.38. The predicted molar refractivity (Wildman–Crippen MR) is 113 cm³/mol. The van der Waals surface area contributed by atoms with Crippen LogP contribution in [-0.4, -0.2) is 40.5 Å². The topological polar surface area (TPSA) is 44.4 Å². The van der Waals surface area contributed by atoms with Gasteiger partial charge in [0.2, 0.25) is 0 Å². The maximum Gasteiger partial charge on any atom is 0.199 e. The summed E-state index contributed by atoms with van der Waals surface area (Å²) in [6.07, 6.45) is 0. The number of ether oxygens (including phenoxy) is 2. The fourth-order valence-electron chi connectivity index (χ4n) is 3.01. The molecule has 0 bridgehead atoms. The first-order valence-electron chi connectivity index (χ1n) is 8.72. The molecule has 0 aliphatic heterocycles. The average Bonchev–Trinajstić information content (AvgIpc) is 2.96. The molecule has 2 aromatic carbocycles. The molecule has 0 unspecified atom stereocenters. The van der Waals surface area contributed by atoms with Crippen molar-refractivity contribution in [3.63, 3.8) is 0 Å². The zero-order valence-electron chi connectivity index (χ0n) is 16.3. The summed E-state index contributed by atoms with van der Waals surface area (Å²) in [4.78, 5) is 2.11. The van der Waals surface area contributed by atoms with Crippen LogP contribution in [0.3, 0.4) is 0 Å². The van der Waals surface area contributed by atoms with Crippen molar-refractivity contribution in [3.05, 3.63) is 57.8 Å². The molecule has 0 saturated heterocycles. The molecular formula is C20H23ClN4O2S. The van der Waals surface area contributed by atoms with Crippen molar-refractivity contribution >= 4 is 23.8 Å². The first-order chi connectivity index (χ1) is 13.4. The summed E-state index contributed by atoms with van der Waals surface area (Å²) in [5, 5.41) is 5.39. The Labute approximate surface area is 174 Å². The zero-order valence-corrected chi connectivity index (χ0v) is 17.9. The van der Waals surface area contributed by atoms with Gasteiger partial charge in [0.25, 0.3) is 0 Å². The molecule has 0 atom stereocenters. The lowest BCUT2D eigenvalue weighted by molar-refractivity contribution is 0.240. The second kappa shape index (κ2) is 8.77. The van der Waals surface area contributed by atoms with Crippen molar-refractivity contribution in [2.24, 2.45) is 7.05 Å². The standard InChI is InChI=1S/C20H23ClN4O2S/c1-23(12-15-11-16(21)7-10-18(15)27-4)13-25-20(28)24(2)19(22-25)14-5-8-17(26-3)9-6-14/h5-11H,12-13H2,1-4H3. The lowest BCUT2D eigenvalue weighted by Crippen LogP contribution is -2.23. The van der Waals surface area contributed by atoms with Gasteiger partial charge in [0.05, 0.1) is 20.9 Å². The summed E-state index contributed by atoms with van der Waals surface area (Å²) >= 11 is 11.7. The van der Waals surface area contributed by atoms with E-state index in [1.165, 1.54) is 0 Å². The quantitative estimate of drug-likeness (QED) is 0.533. The van der Waals surface area contributed by atoms with Crippen molar-refractivity contribution in [3.8, 4) is 22.9 Å². The van der Waals surface area contributed by atoms with Gasteiger partial charge in [-0.25, -0.2) is 4.68 Å². The number of rotatable bonds is 7. The molecule has 28 heavy (non-hydrogen) atoms. The Morgan fingerprint density at radius 2 is 1.82 bits per heavy atom. The molecule has 0 amide bonds. The molecule has 1 heterocycles. The normalized spacial score (nSPS) is 11.1. The molecule has 1 aromatic heterocycles. The lowest BCUT2D eigenvalue weighted by atomic mass is 10.2. The fraction of sp³-hybridized carbons (Fsp3) is 0.300. The Morgan fingerprint density at radius 1 is 1.11 bits per heavy atom. The SMILES string of the molecule is COc1ccc(-c2nn(CN(C)Cc3cc(Cl)ccc3OC)c(=S)n2C)cc1. The number of halogens is 1. The van der Waals surface area contributed by atoms with Crippen LogP contribution < -0.4 is 9.47 Å². The summed E-state index contributed by atoms with van der Waals surface area (Å²) in [6.45, 7) is 1.19. The van der Waals surface area contributed by atoms with Gasteiger partial charge in [-0.05, 0) is 61.7 Å². The molecule has 8 heteroatoms. The molecule has 6 nitrogen and oxygen atoms in total. The molecule has 3 aromatic rings. The fourth-order valence-corrected chi connectivity index (χ4v) is 3.39. The summed E-state index contributed by atoms with van der Waals surface area (Å²) in [5.74, 6) is 2.42. The van der Waals surface area contributed by atoms with Crippen LogP contribution in [0.1, 0.15) is 5.56 Å². The van der Waals surface area contributed by atoms with Gasteiger partial charge in [0.15, 0.2) is 10.6 Å². The smallest absolute Gasteiger partial charge is 0.199 e. The number of benzene rings is 2. The van der Waals surface area contributed by atoms with Crippen LogP contribution >= 0.6 is 23.8 Å². The second-order valence-electron chi connectivity index (χ2n) is 6.51. The van der Waals surface area contributed by atoms with E-state index in [0.29, 0.717) is 23.0 Å². The molecule has 0 radical (unpaired) electrons. The number of hydrogen-bond donors (Lipinski definition) is 0. The third-order valence-electron chi connectivity index (χ3n) is 4.45. The second-order valence-corrected chi connectivity index (χ2v) is 7.31. The van der Waals surface area contributed by atoms with Crippen LogP contribution in [0, 0.1) is 4.77 Å². The first-order valence-corrected chi connectivity index (χ1v) is 9.50. The van der Waals surface area contributed by atoms with Gasteiger partial charge in [-0.2, -0.15) is 5.10 Å². The average molecular weight is 419 g/mol. The Morgan fingerprint density at radius 3 is 2.46 bits per heavy atom. The minimum atomic E-state index is 0.540. The van der Waals surface area contributed by atoms with E-state index in [9.17, 15) is 0 Å². The Hall–Kier alpha value is -2.35. The van der Waals surface area contributed by atoms with E-state index in [-0.39, 0.29) is 0 Å². The third-order valence-corrected chi connectivity index (χ3v) is 5.17. The van der Waals surface area contributed by atoms with Crippen LogP contribution in [0.4, 0.5) is 0 Å². The molecule has 148 valence electrons. The van der Waals surface area contributed by atoms with Gasteiger partial charge in [-0.3, -0.25) is 4.90 Å². The van der Waals surface area contributed by atoms with Gasteiger partial charge < -0.3 is 14.0 Å². The van der Waals surface area contributed by atoms with E-state index < -0.39 is 0 Å². The summed E-state index contributed by atoms with van der Waals surface area (Å²) in [7, 11) is 7.23. The molecular weight excluding hydrogens is 396 g/mol. The molecule has 0 N–H and O–H groups in total. The summed E-state index contributed by atoms with van der Waals surface area (Å²) in [6, 6.07) is 13.4. The minimum Gasteiger partial charge on any atom is -0.497 e. The minimum absolute atomic E-state index is 0.540. The largest absolute Gasteiger partial charge is 0.497 e. The van der Waals surface area contributed by atoms with Crippen LogP contribution in [-0.2, 0) is 20.3 Å². The number of methoxy groups -OCH3 is 2. The van der Waals surface area contributed by atoms with E-state index in [4.69, 9.17) is 38.4 Å². The highest BCUT2D eigenvalue weighted by Crippen LogP contribution is 2.24. The lowest BCUT2D eigenvalue weighted by Gasteiger charge is -2.18. The predicted octanol–water partition coefficient (Wildman–Crippen LogP) is 4.38. The van der Waals surface area contributed by atoms with Gasteiger partial charge in [0, 0.05) is 29.7 Å². The Balaban J connectivity index is 1.81. The maximum atomic E-state index is 6.14. The van der Waals surface area contributed by atoms with Gasteiger partial charge in [-0.1, -0.05) is 11.6 Å². The van der Waals surface area contributed by atoms with Crippen molar-refractivity contribution in [2.75, 3.05) is 21.3 Å². The van der Waals surface area contributed by atoms with Crippen LogP contribution in [0.15, 0.2) is 42.5 Å². The maximum absolute atomic E-state index is 6.14. The Kier molecular flexibility index (Phi) is 6.39. The Bertz CT molecular complexity index is 1010. The monoisotopic (exact) mass is 418 g/mol. The number of aromatic nitrogens is 3. The highest BCUT2D eigenvalue weighted by molar-refractivity contribution is 7.71.